The van der Waals surface area contributed by atoms with Crippen molar-refractivity contribution >= 4 is 0 Å². The average molecular weight is 213 g/mol. The van der Waals surface area contributed by atoms with Crippen LogP contribution in [-0.2, 0) is 0 Å². The van der Waals surface area contributed by atoms with Crippen LogP contribution in [-0.4, -0.2) is 23.3 Å². The zero-order chi connectivity index (χ0) is 11.1. The van der Waals surface area contributed by atoms with E-state index in [0.717, 1.165) is 19.4 Å². The number of hydrogen-bond acceptors (Lipinski definition) is 2. The lowest BCUT2D eigenvalue weighted by Crippen LogP contribution is -2.42. The van der Waals surface area contributed by atoms with Crippen LogP contribution in [0.3, 0.4) is 0 Å². The van der Waals surface area contributed by atoms with Gasteiger partial charge in [0.1, 0.15) is 0 Å². The Hall–Kier alpha value is -0.0800. The van der Waals surface area contributed by atoms with Gasteiger partial charge >= 0.3 is 0 Å². The fraction of sp³-hybridized carbons (Fsp3) is 1.00. The van der Waals surface area contributed by atoms with Gasteiger partial charge in [-0.15, -0.1) is 0 Å². The highest BCUT2D eigenvalue weighted by atomic mass is 16.3. The smallest absolute Gasteiger partial charge is 0.0743 e. The Morgan fingerprint density at radius 2 is 1.80 bits per heavy atom. The van der Waals surface area contributed by atoms with Crippen molar-refractivity contribution < 1.29 is 5.11 Å². The molecule has 0 aromatic heterocycles. The SMILES string of the molecule is CCCC(C)(O)CNC1CCCCCC1. The van der Waals surface area contributed by atoms with Crippen LogP contribution < -0.4 is 5.32 Å². The summed E-state index contributed by atoms with van der Waals surface area (Å²) in [6, 6.07) is 0.649. The molecule has 2 heteroatoms. The van der Waals surface area contributed by atoms with E-state index in [1.54, 1.807) is 0 Å². The summed E-state index contributed by atoms with van der Waals surface area (Å²) in [4.78, 5) is 0. The van der Waals surface area contributed by atoms with Crippen LogP contribution in [0.5, 0.6) is 0 Å². The van der Waals surface area contributed by atoms with Gasteiger partial charge in [-0.3, -0.25) is 0 Å². The van der Waals surface area contributed by atoms with Crippen LogP contribution in [0.2, 0.25) is 0 Å². The van der Waals surface area contributed by atoms with Crippen LogP contribution in [0, 0.1) is 0 Å². The Bertz CT molecular complexity index is 160. The van der Waals surface area contributed by atoms with E-state index in [9.17, 15) is 5.11 Å². The molecule has 1 aliphatic carbocycles. The third-order valence-electron chi connectivity index (χ3n) is 3.42. The maximum absolute atomic E-state index is 10.1. The first kappa shape index (κ1) is 13.0. The molecule has 0 aliphatic heterocycles. The highest BCUT2D eigenvalue weighted by molar-refractivity contribution is 4.79. The molecule has 0 bridgehead atoms. The van der Waals surface area contributed by atoms with Crippen molar-refractivity contribution in [1.29, 1.82) is 0 Å². The third kappa shape index (κ3) is 5.53. The van der Waals surface area contributed by atoms with Crippen LogP contribution in [0.4, 0.5) is 0 Å². The minimum absolute atomic E-state index is 0.513. The summed E-state index contributed by atoms with van der Waals surface area (Å²) in [6.45, 7) is 4.83. The molecule has 1 rings (SSSR count). The Morgan fingerprint density at radius 1 is 1.20 bits per heavy atom. The van der Waals surface area contributed by atoms with Crippen molar-refractivity contribution in [2.75, 3.05) is 6.54 Å². The molecule has 0 aromatic rings. The molecule has 1 saturated carbocycles. The lowest BCUT2D eigenvalue weighted by molar-refractivity contribution is 0.0466. The van der Waals surface area contributed by atoms with Gasteiger partial charge in [-0.2, -0.15) is 0 Å². The van der Waals surface area contributed by atoms with E-state index in [2.05, 4.69) is 12.2 Å². The summed E-state index contributed by atoms with van der Waals surface area (Å²) in [6.07, 6.45) is 10.0. The van der Waals surface area contributed by atoms with E-state index in [1.165, 1.54) is 38.5 Å². The van der Waals surface area contributed by atoms with Gasteiger partial charge in [-0.25, -0.2) is 0 Å². The molecule has 90 valence electrons. The standard InChI is InChI=1S/C13H27NO/c1-3-10-13(2,15)11-14-12-8-6-4-5-7-9-12/h12,14-15H,3-11H2,1-2H3. The second-order valence-corrected chi connectivity index (χ2v) is 5.32. The zero-order valence-electron chi connectivity index (χ0n) is 10.4. The molecular formula is C13H27NO. The second kappa shape index (κ2) is 6.49. The molecule has 0 aromatic carbocycles. The molecule has 0 spiro atoms. The first-order chi connectivity index (χ1) is 7.14. The van der Waals surface area contributed by atoms with Gasteiger partial charge in [0.15, 0.2) is 0 Å². The molecule has 0 amide bonds. The average Bonchev–Trinajstić information content (AvgIpc) is 2.43. The molecule has 15 heavy (non-hydrogen) atoms. The molecule has 1 aliphatic rings. The van der Waals surface area contributed by atoms with E-state index in [1.807, 2.05) is 6.92 Å². The number of hydrogen-bond donors (Lipinski definition) is 2. The van der Waals surface area contributed by atoms with E-state index in [4.69, 9.17) is 0 Å². The molecule has 2 nitrogen and oxygen atoms in total. The predicted octanol–water partition coefficient (Wildman–Crippen LogP) is 2.85. The Morgan fingerprint density at radius 3 is 2.33 bits per heavy atom. The van der Waals surface area contributed by atoms with Crippen molar-refractivity contribution in [2.24, 2.45) is 0 Å². The molecule has 1 atom stereocenters. The lowest BCUT2D eigenvalue weighted by atomic mass is 9.99. The van der Waals surface area contributed by atoms with Crippen molar-refractivity contribution in [3.05, 3.63) is 0 Å². The first-order valence-electron chi connectivity index (χ1n) is 6.60. The van der Waals surface area contributed by atoms with Gasteiger partial charge in [0.2, 0.25) is 0 Å². The monoisotopic (exact) mass is 213 g/mol. The second-order valence-electron chi connectivity index (χ2n) is 5.32. The summed E-state index contributed by atoms with van der Waals surface area (Å²) in [5, 5.41) is 13.6. The van der Waals surface area contributed by atoms with Crippen molar-refractivity contribution in [3.8, 4) is 0 Å². The fourth-order valence-corrected chi connectivity index (χ4v) is 2.47. The maximum Gasteiger partial charge on any atom is 0.0743 e. The Labute approximate surface area is 94.5 Å². The van der Waals surface area contributed by atoms with Gasteiger partial charge in [0.05, 0.1) is 5.60 Å². The summed E-state index contributed by atoms with van der Waals surface area (Å²) in [7, 11) is 0. The molecule has 0 saturated heterocycles. The summed E-state index contributed by atoms with van der Waals surface area (Å²) < 4.78 is 0. The normalized spacial score (nSPS) is 23.4. The van der Waals surface area contributed by atoms with E-state index in [-0.39, 0.29) is 0 Å². The molecule has 1 fully saturated rings. The van der Waals surface area contributed by atoms with Gasteiger partial charge < -0.3 is 10.4 Å². The predicted molar refractivity (Wildman–Crippen MR) is 65.0 cm³/mol. The van der Waals surface area contributed by atoms with E-state index >= 15 is 0 Å². The van der Waals surface area contributed by atoms with E-state index < -0.39 is 5.60 Å². The van der Waals surface area contributed by atoms with Gasteiger partial charge in [0, 0.05) is 12.6 Å². The Balaban J connectivity index is 2.22. The zero-order valence-corrected chi connectivity index (χ0v) is 10.4. The van der Waals surface area contributed by atoms with Crippen LogP contribution in [0.15, 0.2) is 0 Å². The highest BCUT2D eigenvalue weighted by Crippen LogP contribution is 2.18. The topological polar surface area (TPSA) is 32.3 Å². The van der Waals surface area contributed by atoms with Crippen LogP contribution >= 0.6 is 0 Å². The molecule has 0 radical (unpaired) electrons. The largest absolute Gasteiger partial charge is 0.389 e. The molecular weight excluding hydrogens is 186 g/mol. The van der Waals surface area contributed by atoms with Crippen molar-refractivity contribution in [3.63, 3.8) is 0 Å². The first-order valence-corrected chi connectivity index (χ1v) is 6.60. The minimum Gasteiger partial charge on any atom is -0.389 e. The highest BCUT2D eigenvalue weighted by Gasteiger charge is 2.21. The lowest BCUT2D eigenvalue weighted by Gasteiger charge is -2.26. The van der Waals surface area contributed by atoms with Crippen LogP contribution in [0.25, 0.3) is 0 Å². The van der Waals surface area contributed by atoms with Gasteiger partial charge in [-0.1, -0.05) is 39.0 Å². The third-order valence-corrected chi connectivity index (χ3v) is 3.42. The van der Waals surface area contributed by atoms with Gasteiger partial charge in [-0.05, 0) is 26.2 Å². The van der Waals surface area contributed by atoms with E-state index in [0.29, 0.717) is 6.04 Å². The minimum atomic E-state index is -0.513. The Kier molecular flexibility index (Phi) is 5.62. The van der Waals surface area contributed by atoms with Crippen LogP contribution in [0.1, 0.15) is 65.2 Å². The summed E-state index contributed by atoms with van der Waals surface area (Å²) in [5.74, 6) is 0. The quantitative estimate of drug-likeness (QED) is 0.688. The van der Waals surface area contributed by atoms with Crippen molar-refractivity contribution in [1.82, 2.24) is 5.32 Å². The number of rotatable bonds is 5. The number of nitrogens with one attached hydrogen (secondary N) is 1. The fourth-order valence-electron chi connectivity index (χ4n) is 2.47. The maximum atomic E-state index is 10.1. The van der Waals surface area contributed by atoms with Gasteiger partial charge in [0.25, 0.3) is 0 Å². The molecule has 0 heterocycles. The number of aliphatic hydroxyl groups is 1. The molecule has 2 N–H and O–H groups in total. The summed E-state index contributed by atoms with van der Waals surface area (Å²) in [5.41, 5.74) is -0.513. The molecule has 1 unspecified atom stereocenters. The van der Waals surface area contributed by atoms with Crippen molar-refractivity contribution in [2.45, 2.75) is 76.9 Å². The summed E-state index contributed by atoms with van der Waals surface area (Å²) >= 11 is 0.